The molecule has 1 aliphatic heterocycles. The Bertz CT molecular complexity index is 959. The van der Waals surface area contributed by atoms with Gasteiger partial charge < -0.3 is 5.32 Å². The van der Waals surface area contributed by atoms with Gasteiger partial charge in [0.05, 0.1) is 28.0 Å². The summed E-state index contributed by atoms with van der Waals surface area (Å²) in [5.74, 6) is -0.742. The fourth-order valence-corrected chi connectivity index (χ4v) is 4.83. The van der Waals surface area contributed by atoms with Crippen LogP contribution in [0.25, 0.3) is 10.2 Å². The lowest BCUT2D eigenvalue weighted by molar-refractivity contribution is -0.121. The lowest BCUT2D eigenvalue weighted by atomic mass is 10.2. The first kappa shape index (κ1) is 18.3. The van der Waals surface area contributed by atoms with Crippen molar-refractivity contribution in [3.05, 3.63) is 58.3 Å². The van der Waals surface area contributed by atoms with Gasteiger partial charge in [-0.15, -0.1) is 11.3 Å². The van der Waals surface area contributed by atoms with E-state index in [1.54, 1.807) is 11.3 Å². The van der Waals surface area contributed by atoms with Crippen molar-refractivity contribution in [3.8, 4) is 0 Å². The van der Waals surface area contributed by atoms with Crippen molar-refractivity contribution < 1.29 is 9.18 Å². The van der Waals surface area contributed by atoms with Gasteiger partial charge in [0.1, 0.15) is 10.8 Å². The zero-order valence-electron chi connectivity index (χ0n) is 14.8. The lowest BCUT2D eigenvalue weighted by Crippen LogP contribution is -2.41. The van der Waals surface area contributed by atoms with E-state index in [9.17, 15) is 9.18 Å². The third kappa shape index (κ3) is 3.70. The molecule has 1 fully saturated rings. The van der Waals surface area contributed by atoms with Gasteiger partial charge in [-0.3, -0.25) is 9.69 Å². The number of fused-ring (bicyclic) bond motifs is 1. The SMILES string of the molecule is CC(C(=O)Nc1cc(Cl)ccc1F)N1CCCC1c1nc2ccccc2s1. The number of para-hydroxylation sites is 1. The Morgan fingerprint density at radius 3 is 3.00 bits per heavy atom. The maximum atomic E-state index is 13.9. The van der Waals surface area contributed by atoms with Gasteiger partial charge >= 0.3 is 0 Å². The molecular weight excluding hydrogens is 385 g/mol. The minimum absolute atomic E-state index is 0.104. The quantitative estimate of drug-likeness (QED) is 0.646. The van der Waals surface area contributed by atoms with Gasteiger partial charge in [0, 0.05) is 5.02 Å². The number of carbonyl (C=O) groups is 1. The topological polar surface area (TPSA) is 45.2 Å². The minimum atomic E-state index is -0.496. The second-order valence-electron chi connectivity index (χ2n) is 6.71. The number of aromatic nitrogens is 1. The molecule has 0 radical (unpaired) electrons. The first-order valence-electron chi connectivity index (χ1n) is 8.90. The molecule has 2 atom stereocenters. The molecule has 27 heavy (non-hydrogen) atoms. The van der Waals surface area contributed by atoms with Crippen LogP contribution in [0.2, 0.25) is 5.02 Å². The van der Waals surface area contributed by atoms with Crippen molar-refractivity contribution in [2.75, 3.05) is 11.9 Å². The Morgan fingerprint density at radius 1 is 1.37 bits per heavy atom. The molecule has 1 N–H and O–H groups in total. The lowest BCUT2D eigenvalue weighted by Gasteiger charge is -2.28. The van der Waals surface area contributed by atoms with Gasteiger partial charge in [-0.1, -0.05) is 23.7 Å². The van der Waals surface area contributed by atoms with Crippen LogP contribution >= 0.6 is 22.9 Å². The molecule has 3 aromatic rings. The molecule has 0 spiro atoms. The van der Waals surface area contributed by atoms with E-state index in [1.165, 1.54) is 18.2 Å². The van der Waals surface area contributed by atoms with Crippen molar-refractivity contribution in [1.29, 1.82) is 0 Å². The Hall–Kier alpha value is -2.02. The molecule has 7 heteroatoms. The normalized spacial score (nSPS) is 18.7. The van der Waals surface area contributed by atoms with Gasteiger partial charge in [0.15, 0.2) is 0 Å². The minimum Gasteiger partial charge on any atom is -0.322 e. The molecule has 1 aliphatic rings. The van der Waals surface area contributed by atoms with Gasteiger partial charge in [-0.05, 0) is 56.6 Å². The molecule has 1 saturated heterocycles. The molecule has 2 aromatic carbocycles. The largest absolute Gasteiger partial charge is 0.322 e. The van der Waals surface area contributed by atoms with Gasteiger partial charge in [-0.2, -0.15) is 0 Å². The van der Waals surface area contributed by atoms with Crippen LogP contribution in [-0.2, 0) is 4.79 Å². The fraction of sp³-hybridized carbons (Fsp3) is 0.300. The summed E-state index contributed by atoms with van der Waals surface area (Å²) in [5.41, 5.74) is 1.09. The number of hydrogen-bond acceptors (Lipinski definition) is 4. The van der Waals surface area contributed by atoms with Crippen molar-refractivity contribution in [2.24, 2.45) is 0 Å². The summed E-state index contributed by atoms with van der Waals surface area (Å²) in [6.07, 6.45) is 1.96. The number of amides is 1. The number of carbonyl (C=O) groups excluding carboxylic acids is 1. The number of nitrogens with zero attached hydrogens (tertiary/aromatic N) is 2. The number of nitrogens with one attached hydrogen (secondary N) is 1. The molecule has 1 amide bonds. The van der Waals surface area contributed by atoms with Crippen LogP contribution < -0.4 is 5.32 Å². The average molecular weight is 404 g/mol. The summed E-state index contributed by atoms with van der Waals surface area (Å²) in [7, 11) is 0. The Morgan fingerprint density at radius 2 is 2.19 bits per heavy atom. The standard InChI is InChI=1S/C20H19ClFN3OS/c1-12(19(26)23-16-11-13(21)8-9-14(16)22)25-10-4-6-17(25)20-24-15-5-2-3-7-18(15)27-20/h2-3,5,7-9,11-12,17H,4,6,10H2,1H3,(H,23,26). The van der Waals surface area contributed by atoms with Crippen LogP contribution in [0.15, 0.2) is 42.5 Å². The Balaban J connectivity index is 1.54. The van der Waals surface area contributed by atoms with Gasteiger partial charge in [0.2, 0.25) is 5.91 Å². The molecule has 2 heterocycles. The van der Waals surface area contributed by atoms with E-state index in [-0.39, 0.29) is 17.6 Å². The molecule has 0 saturated carbocycles. The van der Waals surface area contributed by atoms with Crippen LogP contribution in [0.4, 0.5) is 10.1 Å². The highest BCUT2D eigenvalue weighted by atomic mass is 35.5. The van der Waals surface area contributed by atoms with E-state index in [2.05, 4.69) is 16.3 Å². The molecule has 0 bridgehead atoms. The number of halogens is 2. The van der Waals surface area contributed by atoms with Crippen LogP contribution in [0.3, 0.4) is 0 Å². The smallest absolute Gasteiger partial charge is 0.241 e. The van der Waals surface area contributed by atoms with Crippen LogP contribution in [-0.4, -0.2) is 28.4 Å². The summed E-state index contributed by atoms with van der Waals surface area (Å²) >= 11 is 7.59. The Labute approximate surface area is 166 Å². The number of thiazole rings is 1. The number of benzene rings is 2. The van der Waals surface area contributed by atoms with E-state index in [0.717, 1.165) is 34.6 Å². The molecule has 140 valence electrons. The third-order valence-corrected chi connectivity index (χ3v) is 6.33. The number of rotatable bonds is 4. The fourth-order valence-electron chi connectivity index (χ4n) is 3.53. The number of likely N-dealkylation sites (tertiary alicyclic amines) is 1. The molecule has 4 rings (SSSR count). The highest BCUT2D eigenvalue weighted by molar-refractivity contribution is 7.18. The summed E-state index contributed by atoms with van der Waals surface area (Å²) in [6, 6.07) is 11.9. The molecule has 0 aliphatic carbocycles. The maximum Gasteiger partial charge on any atom is 0.241 e. The first-order chi connectivity index (χ1) is 13.0. The number of anilines is 1. The second kappa shape index (κ2) is 7.54. The van der Waals surface area contributed by atoms with Crippen LogP contribution in [0.1, 0.15) is 30.8 Å². The zero-order chi connectivity index (χ0) is 19.0. The van der Waals surface area contributed by atoms with Gasteiger partial charge in [-0.25, -0.2) is 9.37 Å². The predicted molar refractivity (Wildman–Crippen MR) is 108 cm³/mol. The molecule has 4 nitrogen and oxygen atoms in total. The zero-order valence-corrected chi connectivity index (χ0v) is 16.4. The third-order valence-electron chi connectivity index (χ3n) is 4.95. The van der Waals surface area contributed by atoms with Crippen LogP contribution in [0, 0.1) is 5.82 Å². The van der Waals surface area contributed by atoms with E-state index in [1.807, 2.05) is 25.1 Å². The van der Waals surface area contributed by atoms with Crippen molar-refractivity contribution in [2.45, 2.75) is 31.8 Å². The predicted octanol–water partition coefficient (Wildman–Crippen LogP) is 5.25. The molecule has 2 unspecified atom stereocenters. The highest BCUT2D eigenvalue weighted by Gasteiger charge is 2.35. The van der Waals surface area contributed by atoms with E-state index >= 15 is 0 Å². The summed E-state index contributed by atoms with van der Waals surface area (Å²) in [5, 5.41) is 4.08. The van der Waals surface area contributed by atoms with Crippen LogP contribution in [0.5, 0.6) is 0 Å². The summed E-state index contributed by atoms with van der Waals surface area (Å²) < 4.78 is 15.1. The molecule has 1 aromatic heterocycles. The van der Waals surface area contributed by atoms with Crippen molar-refractivity contribution in [3.63, 3.8) is 0 Å². The van der Waals surface area contributed by atoms with E-state index in [0.29, 0.717) is 5.02 Å². The highest BCUT2D eigenvalue weighted by Crippen LogP contribution is 2.37. The summed E-state index contributed by atoms with van der Waals surface area (Å²) in [6.45, 7) is 2.66. The maximum absolute atomic E-state index is 13.9. The van der Waals surface area contributed by atoms with Crippen molar-refractivity contribution in [1.82, 2.24) is 9.88 Å². The van der Waals surface area contributed by atoms with E-state index in [4.69, 9.17) is 16.6 Å². The summed E-state index contributed by atoms with van der Waals surface area (Å²) in [4.78, 5) is 19.6. The second-order valence-corrected chi connectivity index (χ2v) is 8.20. The van der Waals surface area contributed by atoms with E-state index < -0.39 is 11.9 Å². The monoisotopic (exact) mass is 403 g/mol. The number of hydrogen-bond donors (Lipinski definition) is 1. The van der Waals surface area contributed by atoms with Gasteiger partial charge in [0.25, 0.3) is 0 Å². The van der Waals surface area contributed by atoms with Crippen molar-refractivity contribution >= 4 is 44.7 Å². The Kier molecular flexibility index (Phi) is 5.12. The molecular formula is C20H19ClFN3OS. The average Bonchev–Trinajstić information content (AvgIpc) is 3.30. The first-order valence-corrected chi connectivity index (χ1v) is 10.1.